The summed E-state index contributed by atoms with van der Waals surface area (Å²) in [6, 6.07) is 16.7. The Morgan fingerprint density at radius 1 is 1.13 bits per heavy atom. The minimum atomic E-state index is -0.428. The number of rotatable bonds is 5. The van der Waals surface area contributed by atoms with Crippen LogP contribution >= 0.6 is 11.6 Å². The van der Waals surface area contributed by atoms with Crippen molar-refractivity contribution in [3.8, 4) is 11.4 Å². The van der Waals surface area contributed by atoms with Crippen molar-refractivity contribution >= 4 is 34.7 Å². The molecule has 7 heteroatoms. The number of carbonyl (C=O) groups is 1. The first-order valence-electron chi connectivity index (χ1n) is 9.32. The standard InChI is InChI=1S/C23H20ClN3O3/c1-14-10-17(15(2)27(14)19-5-7-20(29-3)8-6-19)13-25-26-23(28)22-12-16-11-18(24)4-9-21(16)30-22/h4-13H,1-3H3,(H,26,28)/b25-13+. The van der Waals surface area contributed by atoms with Gasteiger partial charge < -0.3 is 13.7 Å². The second kappa shape index (κ2) is 8.08. The van der Waals surface area contributed by atoms with Crippen LogP contribution in [-0.4, -0.2) is 23.8 Å². The molecule has 0 radical (unpaired) electrons. The molecule has 4 rings (SSSR count). The maximum Gasteiger partial charge on any atom is 0.307 e. The number of amides is 1. The van der Waals surface area contributed by atoms with Crippen LogP contribution in [0.1, 0.15) is 27.5 Å². The van der Waals surface area contributed by atoms with Crippen LogP contribution in [0.2, 0.25) is 5.02 Å². The molecule has 4 aromatic rings. The average Bonchev–Trinajstić information content (AvgIpc) is 3.28. The highest BCUT2D eigenvalue weighted by Crippen LogP contribution is 2.24. The van der Waals surface area contributed by atoms with Crippen molar-refractivity contribution in [2.24, 2.45) is 5.10 Å². The molecule has 152 valence electrons. The second-order valence-electron chi connectivity index (χ2n) is 6.85. The molecule has 2 aromatic heterocycles. The number of hydrogen-bond donors (Lipinski definition) is 1. The van der Waals surface area contributed by atoms with Gasteiger partial charge in [-0.25, -0.2) is 5.43 Å². The van der Waals surface area contributed by atoms with Crippen molar-refractivity contribution in [1.29, 1.82) is 0 Å². The smallest absolute Gasteiger partial charge is 0.307 e. The molecule has 0 atom stereocenters. The number of aromatic nitrogens is 1. The molecule has 0 unspecified atom stereocenters. The molecule has 30 heavy (non-hydrogen) atoms. The molecule has 0 fully saturated rings. The maximum atomic E-state index is 12.4. The Hall–Kier alpha value is -3.51. The molecular weight excluding hydrogens is 402 g/mol. The predicted molar refractivity (Wildman–Crippen MR) is 118 cm³/mol. The molecule has 0 aliphatic carbocycles. The first-order chi connectivity index (χ1) is 14.5. The molecule has 0 saturated heterocycles. The van der Waals surface area contributed by atoms with E-state index in [4.69, 9.17) is 20.8 Å². The normalized spacial score (nSPS) is 11.3. The summed E-state index contributed by atoms with van der Waals surface area (Å²) in [5.74, 6) is 0.550. The number of ether oxygens (including phenoxy) is 1. The van der Waals surface area contributed by atoms with Crippen molar-refractivity contribution in [1.82, 2.24) is 9.99 Å². The summed E-state index contributed by atoms with van der Waals surface area (Å²) < 4.78 is 12.9. The highest BCUT2D eigenvalue weighted by Gasteiger charge is 2.13. The molecule has 0 aliphatic heterocycles. The summed E-state index contributed by atoms with van der Waals surface area (Å²) in [5.41, 5.74) is 7.10. The Morgan fingerprint density at radius 2 is 1.90 bits per heavy atom. The van der Waals surface area contributed by atoms with Crippen LogP contribution in [0, 0.1) is 13.8 Å². The van der Waals surface area contributed by atoms with Crippen molar-refractivity contribution in [3.63, 3.8) is 0 Å². The molecule has 6 nitrogen and oxygen atoms in total. The fourth-order valence-corrected chi connectivity index (χ4v) is 3.57. The number of aryl methyl sites for hydroxylation is 1. The van der Waals surface area contributed by atoms with Crippen LogP contribution < -0.4 is 10.2 Å². The van der Waals surface area contributed by atoms with Gasteiger partial charge in [0, 0.05) is 33.0 Å². The lowest BCUT2D eigenvalue weighted by molar-refractivity contribution is 0.0929. The number of hydrazone groups is 1. The Morgan fingerprint density at radius 3 is 2.63 bits per heavy atom. The Labute approximate surface area is 178 Å². The number of methoxy groups -OCH3 is 1. The minimum absolute atomic E-state index is 0.174. The summed E-state index contributed by atoms with van der Waals surface area (Å²) in [6.07, 6.45) is 1.62. The summed E-state index contributed by atoms with van der Waals surface area (Å²) in [5, 5.41) is 5.45. The summed E-state index contributed by atoms with van der Waals surface area (Å²) >= 11 is 5.97. The van der Waals surface area contributed by atoms with Crippen LogP contribution in [0.4, 0.5) is 0 Å². The van der Waals surface area contributed by atoms with Crippen molar-refractivity contribution in [2.45, 2.75) is 13.8 Å². The number of nitrogens with zero attached hydrogens (tertiary/aromatic N) is 2. The number of benzene rings is 2. The Balaban J connectivity index is 1.51. The topological polar surface area (TPSA) is 68.8 Å². The van der Waals surface area contributed by atoms with Gasteiger partial charge in [0.05, 0.1) is 13.3 Å². The number of halogens is 1. The molecular formula is C23H20ClN3O3. The number of hydrogen-bond acceptors (Lipinski definition) is 4. The van der Waals surface area contributed by atoms with Crippen molar-refractivity contribution in [2.75, 3.05) is 7.11 Å². The fourth-order valence-electron chi connectivity index (χ4n) is 3.39. The van der Waals surface area contributed by atoms with Crippen molar-refractivity contribution in [3.05, 3.63) is 82.3 Å². The third-order valence-corrected chi connectivity index (χ3v) is 5.11. The lowest BCUT2D eigenvalue weighted by Gasteiger charge is -2.10. The number of nitrogens with one attached hydrogen (secondary N) is 1. The van der Waals surface area contributed by atoms with E-state index in [1.54, 1.807) is 37.6 Å². The van der Waals surface area contributed by atoms with Crippen LogP contribution in [0.5, 0.6) is 5.75 Å². The van der Waals surface area contributed by atoms with Crippen LogP contribution in [0.15, 0.2) is 64.1 Å². The van der Waals surface area contributed by atoms with E-state index < -0.39 is 5.91 Å². The third kappa shape index (κ3) is 3.82. The van der Waals surface area contributed by atoms with Gasteiger partial charge in [-0.05, 0) is 68.4 Å². The van der Waals surface area contributed by atoms with Crippen LogP contribution in [-0.2, 0) is 0 Å². The van der Waals surface area contributed by atoms with E-state index in [0.717, 1.165) is 33.8 Å². The second-order valence-corrected chi connectivity index (χ2v) is 7.29. The highest BCUT2D eigenvalue weighted by molar-refractivity contribution is 6.31. The van der Waals surface area contributed by atoms with Gasteiger partial charge in [-0.15, -0.1) is 0 Å². The van der Waals surface area contributed by atoms with Gasteiger partial charge in [-0.3, -0.25) is 4.79 Å². The monoisotopic (exact) mass is 421 g/mol. The van der Waals surface area contributed by atoms with Gasteiger partial charge in [0.15, 0.2) is 5.76 Å². The van der Waals surface area contributed by atoms with Gasteiger partial charge in [0.25, 0.3) is 0 Å². The van der Waals surface area contributed by atoms with Crippen LogP contribution in [0.3, 0.4) is 0 Å². The number of carbonyl (C=O) groups excluding carboxylic acids is 1. The summed E-state index contributed by atoms with van der Waals surface area (Å²) in [4.78, 5) is 12.4. The molecule has 0 bridgehead atoms. The maximum absolute atomic E-state index is 12.4. The highest BCUT2D eigenvalue weighted by atomic mass is 35.5. The fraction of sp³-hybridized carbons (Fsp3) is 0.130. The van der Waals surface area contributed by atoms with E-state index in [-0.39, 0.29) is 5.76 Å². The van der Waals surface area contributed by atoms with Gasteiger partial charge in [-0.2, -0.15) is 5.10 Å². The minimum Gasteiger partial charge on any atom is -0.497 e. The zero-order chi connectivity index (χ0) is 21.3. The SMILES string of the molecule is COc1ccc(-n2c(C)cc(/C=N/NC(=O)c3cc4cc(Cl)ccc4o3)c2C)cc1. The lowest BCUT2D eigenvalue weighted by atomic mass is 10.2. The van der Waals surface area contributed by atoms with Crippen molar-refractivity contribution < 1.29 is 13.9 Å². The lowest BCUT2D eigenvalue weighted by Crippen LogP contribution is -2.16. The van der Waals surface area contributed by atoms with E-state index in [2.05, 4.69) is 15.1 Å². The first kappa shape index (κ1) is 19.8. The van der Waals surface area contributed by atoms with E-state index in [9.17, 15) is 4.79 Å². The quantitative estimate of drug-likeness (QED) is 0.352. The van der Waals surface area contributed by atoms with E-state index in [1.807, 2.05) is 44.2 Å². The molecule has 2 heterocycles. The largest absolute Gasteiger partial charge is 0.497 e. The third-order valence-electron chi connectivity index (χ3n) is 4.87. The zero-order valence-corrected chi connectivity index (χ0v) is 17.5. The van der Waals surface area contributed by atoms with Gasteiger partial charge in [-0.1, -0.05) is 11.6 Å². The molecule has 1 amide bonds. The molecule has 1 N–H and O–H groups in total. The molecule has 0 aliphatic rings. The summed E-state index contributed by atoms with van der Waals surface area (Å²) in [6.45, 7) is 4.02. The van der Waals surface area contributed by atoms with E-state index >= 15 is 0 Å². The van der Waals surface area contributed by atoms with Gasteiger partial charge in [0.1, 0.15) is 11.3 Å². The van der Waals surface area contributed by atoms with Crippen LogP contribution in [0.25, 0.3) is 16.7 Å². The Bertz CT molecular complexity index is 1250. The number of furan rings is 1. The molecule has 0 saturated carbocycles. The van der Waals surface area contributed by atoms with Gasteiger partial charge >= 0.3 is 5.91 Å². The average molecular weight is 422 g/mol. The molecule has 0 spiro atoms. The first-order valence-corrected chi connectivity index (χ1v) is 9.70. The number of fused-ring (bicyclic) bond motifs is 1. The zero-order valence-electron chi connectivity index (χ0n) is 16.8. The van der Waals surface area contributed by atoms with E-state index in [1.165, 1.54) is 0 Å². The van der Waals surface area contributed by atoms with Gasteiger partial charge in [0.2, 0.25) is 0 Å². The summed E-state index contributed by atoms with van der Waals surface area (Å²) in [7, 11) is 1.64. The predicted octanol–water partition coefficient (Wildman–Crippen LogP) is 5.27. The molecule has 2 aromatic carbocycles. The Kier molecular flexibility index (Phi) is 5.33. The van der Waals surface area contributed by atoms with E-state index in [0.29, 0.717) is 10.6 Å².